The number of amides is 1. The molecule has 3 heterocycles. The van der Waals surface area contributed by atoms with E-state index in [2.05, 4.69) is 10.9 Å². The largest absolute Gasteiger partial charge is 0.465 e. The van der Waals surface area contributed by atoms with Crippen molar-refractivity contribution in [1.82, 2.24) is 10.9 Å². The maximum absolute atomic E-state index is 14.8. The zero-order valence-corrected chi connectivity index (χ0v) is 20.1. The van der Waals surface area contributed by atoms with Gasteiger partial charge in [-0.1, -0.05) is 49.2 Å². The highest BCUT2D eigenvalue weighted by molar-refractivity contribution is 6.31. The molecule has 10 heteroatoms. The molecule has 5 rings (SSSR count). The number of fused-ring (bicyclic) bond motifs is 4. The van der Waals surface area contributed by atoms with E-state index in [-0.39, 0.29) is 34.6 Å². The summed E-state index contributed by atoms with van der Waals surface area (Å²) in [5.41, 5.74) is 12.4. The van der Waals surface area contributed by atoms with Gasteiger partial charge in [0.15, 0.2) is 12.1 Å². The average molecular weight is 501 g/mol. The van der Waals surface area contributed by atoms with Crippen LogP contribution in [0, 0.1) is 11.7 Å². The maximum Gasteiger partial charge on any atom is 0.340 e. The van der Waals surface area contributed by atoms with Gasteiger partial charge in [-0.05, 0) is 30.2 Å². The summed E-state index contributed by atoms with van der Waals surface area (Å²) < 4.78 is 25.8. The van der Waals surface area contributed by atoms with Crippen molar-refractivity contribution in [2.24, 2.45) is 11.7 Å². The standard InChI is InChI=1S/C25H26ClFN4O4/c1-3-7-17-19-22(30-29-17)35-21(28)20(23(32)34-2)25(19)14-8-4-5-11-18(14)31(24(25)33)12-13-15(26)9-6-10-16(13)27/h4-6,8-11,17,19,22,29-30H,3,7,12,28H2,1-2H3. The number of rotatable bonds is 5. The fraction of sp³-hybridized carbons (Fsp3) is 0.360. The molecule has 2 aromatic carbocycles. The molecule has 0 aromatic heterocycles. The second kappa shape index (κ2) is 8.82. The highest BCUT2D eigenvalue weighted by atomic mass is 35.5. The molecule has 8 nitrogen and oxygen atoms in total. The van der Waals surface area contributed by atoms with Crippen molar-refractivity contribution < 1.29 is 23.5 Å². The van der Waals surface area contributed by atoms with Crippen LogP contribution in [0.3, 0.4) is 0 Å². The molecule has 0 aliphatic carbocycles. The summed E-state index contributed by atoms with van der Waals surface area (Å²) in [6.07, 6.45) is 0.867. The van der Waals surface area contributed by atoms with Gasteiger partial charge < -0.3 is 20.1 Å². The predicted molar refractivity (Wildman–Crippen MR) is 127 cm³/mol. The number of esters is 1. The highest BCUT2D eigenvalue weighted by Gasteiger charge is 2.68. The number of halogens is 2. The van der Waals surface area contributed by atoms with Crippen molar-refractivity contribution in [3.05, 3.63) is 75.9 Å². The van der Waals surface area contributed by atoms with Gasteiger partial charge in [-0.15, -0.1) is 0 Å². The minimum absolute atomic E-state index is 0.0487. The van der Waals surface area contributed by atoms with Crippen LogP contribution in [-0.2, 0) is 31.0 Å². The molecule has 4 unspecified atom stereocenters. The number of carbonyl (C=O) groups is 2. The third kappa shape index (κ3) is 3.33. The third-order valence-corrected chi connectivity index (χ3v) is 7.49. The molecule has 3 aliphatic rings. The van der Waals surface area contributed by atoms with Crippen LogP contribution in [0.25, 0.3) is 0 Å². The Hall–Kier alpha value is -3.14. The average Bonchev–Trinajstić information content (AvgIpc) is 3.34. The summed E-state index contributed by atoms with van der Waals surface area (Å²) in [5.74, 6) is -2.40. The summed E-state index contributed by atoms with van der Waals surface area (Å²) >= 11 is 6.32. The number of anilines is 1. The first-order valence-electron chi connectivity index (χ1n) is 11.5. The van der Waals surface area contributed by atoms with Crippen molar-refractivity contribution >= 4 is 29.2 Å². The number of hydrogen-bond acceptors (Lipinski definition) is 7. The Morgan fingerprint density at radius 3 is 2.74 bits per heavy atom. The topological polar surface area (TPSA) is 106 Å². The molecule has 1 amide bonds. The molecule has 184 valence electrons. The summed E-state index contributed by atoms with van der Waals surface area (Å²) in [6.45, 7) is 1.92. The van der Waals surface area contributed by atoms with Crippen LogP contribution < -0.4 is 21.5 Å². The number of nitrogens with two attached hydrogens (primary N) is 1. The monoisotopic (exact) mass is 500 g/mol. The zero-order valence-electron chi connectivity index (χ0n) is 19.3. The lowest BCUT2D eigenvalue weighted by molar-refractivity contribution is -0.142. The second-order valence-electron chi connectivity index (χ2n) is 8.90. The third-order valence-electron chi connectivity index (χ3n) is 7.13. The van der Waals surface area contributed by atoms with Crippen molar-refractivity contribution in [2.45, 2.75) is 44.0 Å². The van der Waals surface area contributed by atoms with Gasteiger partial charge in [0.25, 0.3) is 0 Å². The first kappa shape index (κ1) is 23.6. The first-order valence-corrected chi connectivity index (χ1v) is 11.8. The smallest absolute Gasteiger partial charge is 0.340 e. The minimum atomic E-state index is -1.51. The molecule has 1 fully saturated rings. The Bertz CT molecular complexity index is 1220. The number of benzene rings is 2. The highest BCUT2D eigenvalue weighted by Crippen LogP contribution is 2.57. The first-order chi connectivity index (χ1) is 16.9. The van der Waals surface area contributed by atoms with E-state index in [1.165, 1.54) is 24.1 Å². The molecule has 35 heavy (non-hydrogen) atoms. The summed E-state index contributed by atoms with van der Waals surface area (Å²) in [4.78, 5) is 29.2. The van der Waals surface area contributed by atoms with Crippen LogP contribution in [0.1, 0.15) is 30.9 Å². The van der Waals surface area contributed by atoms with Gasteiger partial charge in [0.05, 0.1) is 19.6 Å². The maximum atomic E-state index is 14.8. The predicted octanol–water partition coefficient (Wildman–Crippen LogP) is 2.86. The van der Waals surface area contributed by atoms with Crippen molar-refractivity contribution in [3.8, 4) is 0 Å². The van der Waals surface area contributed by atoms with E-state index < -0.39 is 35.3 Å². The molecule has 3 aliphatic heterocycles. The number of carbonyl (C=O) groups excluding carboxylic acids is 2. The van der Waals surface area contributed by atoms with E-state index in [1.807, 2.05) is 6.92 Å². The fourth-order valence-electron chi connectivity index (χ4n) is 5.74. The quantitative estimate of drug-likeness (QED) is 0.542. The summed E-state index contributed by atoms with van der Waals surface area (Å²) in [6, 6.07) is 11.3. The lowest BCUT2D eigenvalue weighted by Crippen LogP contribution is -2.59. The number of hydrogen-bond donors (Lipinski definition) is 3. The van der Waals surface area contributed by atoms with E-state index in [0.717, 1.165) is 6.42 Å². The Balaban J connectivity index is 1.76. The molecule has 4 atom stereocenters. The number of nitrogens with zero attached hydrogens (tertiary/aromatic N) is 1. The van der Waals surface area contributed by atoms with Crippen LogP contribution >= 0.6 is 11.6 Å². The zero-order chi connectivity index (χ0) is 24.9. The van der Waals surface area contributed by atoms with Gasteiger partial charge in [0.1, 0.15) is 16.8 Å². The molecular formula is C25H26ClFN4O4. The van der Waals surface area contributed by atoms with Gasteiger partial charge in [-0.2, -0.15) is 0 Å². The van der Waals surface area contributed by atoms with E-state index in [0.29, 0.717) is 17.7 Å². The van der Waals surface area contributed by atoms with Gasteiger partial charge in [0.2, 0.25) is 5.91 Å². The van der Waals surface area contributed by atoms with Gasteiger partial charge >= 0.3 is 5.97 Å². The van der Waals surface area contributed by atoms with E-state index in [1.54, 1.807) is 30.3 Å². The number of para-hydroxylation sites is 1. The van der Waals surface area contributed by atoms with Crippen LogP contribution in [-0.4, -0.2) is 31.3 Å². The Morgan fingerprint density at radius 1 is 1.26 bits per heavy atom. The lowest BCUT2D eigenvalue weighted by atomic mass is 9.61. The number of methoxy groups -OCH3 is 1. The van der Waals surface area contributed by atoms with Gasteiger partial charge in [-0.3, -0.25) is 10.2 Å². The van der Waals surface area contributed by atoms with Crippen molar-refractivity contribution in [3.63, 3.8) is 0 Å². The van der Waals surface area contributed by atoms with Gasteiger partial charge in [0, 0.05) is 22.3 Å². The number of ether oxygens (including phenoxy) is 2. The van der Waals surface area contributed by atoms with Crippen LogP contribution in [0.15, 0.2) is 53.9 Å². The summed E-state index contributed by atoms with van der Waals surface area (Å²) in [5, 5.41) is 0.206. The van der Waals surface area contributed by atoms with Crippen LogP contribution in [0.5, 0.6) is 0 Å². The molecule has 1 saturated heterocycles. The second-order valence-corrected chi connectivity index (χ2v) is 9.30. The fourth-order valence-corrected chi connectivity index (χ4v) is 5.96. The summed E-state index contributed by atoms with van der Waals surface area (Å²) in [7, 11) is 1.24. The Kier molecular flexibility index (Phi) is 5.94. The Labute approximate surface area is 207 Å². The van der Waals surface area contributed by atoms with Crippen molar-refractivity contribution in [2.75, 3.05) is 12.0 Å². The SMILES string of the molecule is CCCC1NNC2OC(N)=C(C(=O)OC)C3(C(=O)N(Cc4c(F)cccc4Cl)c4ccccc43)C12. The molecule has 2 aromatic rings. The van der Waals surface area contributed by atoms with Crippen LogP contribution in [0.2, 0.25) is 5.02 Å². The molecular weight excluding hydrogens is 475 g/mol. The van der Waals surface area contributed by atoms with Crippen LogP contribution in [0.4, 0.5) is 10.1 Å². The van der Waals surface area contributed by atoms with E-state index in [4.69, 9.17) is 26.8 Å². The van der Waals surface area contributed by atoms with E-state index in [9.17, 15) is 14.0 Å². The normalized spacial score (nSPS) is 27.1. The molecule has 0 bridgehead atoms. The lowest BCUT2D eigenvalue weighted by Gasteiger charge is -2.43. The number of nitrogens with one attached hydrogen (secondary N) is 2. The Morgan fingerprint density at radius 2 is 2.03 bits per heavy atom. The molecule has 4 N–H and O–H groups in total. The molecule has 0 saturated carbocycles. The number of hydrazine groups is 1. The van der Waals surface area contributed by atoms with Crippen molar-refractivity contribution in [1.29, 1.82) is 0 Å². The molecule has 0 radical (unpaired) electrons. The molecule has 1 spiro atoms. The van der Waals surface area contributed by atoms with Gasteiger partial charge in [-0.25, -0.2) is 14.6 Å². The minimum Gasteiger partial charge on any atom is -0.465 e. The van der Waals surface area contributed by atoms with E-state index >= 15 is 0 Å².